The first-order chi connectivity index (χ1) is 1.41. The van der Waals surface area contributed by atoms with E-state index in [4.69, 9.17) is 5.26 Å². The van der Waals surface area contributed by atoms with Crippen LogP contribution in [0.4, 0.5) is 0 Å². The summed E-state index contributed by atoms with van der Waals surface area (Å²) < 4.78 is 0. The van der Waals surface area contributed by atoms with Crippen LogP contribution in [-0.2, 0) is 0 Å². The van der Waals surface area contributed by atoms with Crippen molar-refractivity contribution in [2.24, 2.45) is 0 Å². The molecule has 3 N–H and O–H groups in total. The van der Waals surface area contributed by atoms with E-state index >= 15 is 0 Å². The molecule has 0 aromatic heterocycles. The minimum Gasteiger partial charge on any atom is -0.344 e. The Morgan fingerprint density at radius 2 is 0.667 bits per heavy atom. The average Bonchev–Trinajstić information content (AvgIpc) is 0.918. The molecule has 0 rings (SSSR count). The first-order valence-electron chi connectivity index (χ1n) is 0.724. The Morgan fingerprint density at radius 3 is 0.667 bits per heavy atom. The van der Waals surface area contributed by atoms with Crippen molar-refractivity contribution in [3.8, 4) is 6.07 Å². The van der Waals surface area contributed by atoms with Gasteiger partial charge in [0.15, 0.2) is 0 Å². The lowest BCUT2D eigenvalue weighted by atomic mass is 11.0. The zero-order chi connectivity index (χ0) is 2.71. The molecule has 2 heteroatoms. The van der Waals surface area contributed by atoms with E-state index in [1.807, 2.05) is 0 Å². The van der Waals surface area contributed by atoms with Crippen molar-refractivity contribution in [1.29, 1.82) is 5.26 Å². The van der Waals surface area contributed by atoms with Crippen LogP contribution in [0.2, 0.25) is 0 Å². The molecule has 0 saturated carbocycles. The van der Waals surface area contributed by atoms with Gasteiger partial charge in [0.2, 0.25) is 0 Å². The second kappa shape index (κ2) is 4610. The Morgan fingerprint density at radius 1 is 0.667 bits per heavy atom. The first-order valence-corrected chi connectivity index (χ1v) is 0.724. The zero-order valence-corrected chi connectivity index (χ0v) is 2.65. The van der Waals surface area contributed by atoms with Crippen LogP contribution in [0.15, 0.2) is 0 Å². The summed E-state index contributed by atoms with van der Waals surface area (Å²) in [6.45, 7) is 1.43. The van der Waals surface area contributed by atoms with Crippen LogP contribution >= 0.6 is 0 Å². The molecule has 0 spiro atoms. The second-order valence-electron chi connectivity index (χ2n) is 0.224. The molecule has 0 aliphatic carbocycles. The van der Waals surface area contributed by atoms with Crippen LogP contribution in [0.1, 0.15) is 66.3 Å². The van der Waals surface area contributed by atoms with Crippen molar-refractivity contribution in [3.63, 3.8) is 0 Å². The zero-order valence-electron chi connectivity index (χ0n) is 2.65. The molecule has 0 aromatic rings. The van der Waals surface area contributed by atoms with Gasteiger partial charge >= 0.3 is 0 Å². The monoisotopic (exact) mass is 186 g/mol. The third-order valence-corrected chi connectivity index (χ3v) is 0. The standard InChI is InChI=1S/C2H3N.8CH4.H3N/c1-2-3;;;;;;;;;/h1H3;8*1H4;1H3. The highest BCUT2D eigenvalue weighted by atomic mass is 14.2. The van der Waals surface area contributed by atoms with E-state index < -0.39 is 0 Å². The fourth-order valence-electron chi connectivity index (χ4n) is 0. The van der Waals surface area contributed by atoms with Crippen molar-refractivity contribution in [3.05, 3.63) is 0 Å². The summed E-state index contributed by atoms with van der Waals surface area (Å²) in [5, 5.41) is 7.32. The molecule has 2 nitrogen and oxygen atoms in total. The predicted octanol–water partition coefficient (Wildman–Crippen LogP) is 5.78. The molecule has 0 aliphatic rings. The quantitative estimate of drug-likeness (QED) is 0.521. The van der Waals surface area contributed by atoms with Gasteiger partial charge in [-0.25, -0.2) is 0 Å². The van der Waals surface area contributed by atoms with Gasteiger partial charge in [-0.3, -0.25) is 0 Å². The maximum atomic E-state index is 7.32. The van der Waals surface area contributed by atoms with Gasteiger partial charge in [0, 0.05) is 6.92 Å². The molecule has 0 amide bonds. The molecule has 12 heavy (non-hydrogen) atoms. The van der Waals surface area contributed by atoms with Crippen molar-refractivity contribution in [2.45, 2.75) is 66.3 Å². The molecule has 0 aliphatic heterocycles. The number of rotatable bonds is 0. The average molecular weight is 186 g/mol. The van der Waals surface area contributed by atoms with Crippen LogP contribution < -0.4 is 6.15 Å². The summed E-state index contributed by atoms with van der Waals surface area (Å²) in [7, 11) is 0. The first kappa shape index (κ1) is 595. The maximum Gasteiger partial charge on any atom is 0.0587 e. The Bertz CT molecular complexity index is 29.3. The number of hydrogen-bond donors (Lipinski definition) is 1. The largest absolute Gasteiger partial charge is 0.344 e. The third-order valence-electron chi connectivity index (χ3n) is 0. The fourth-order valence-corrected chi connectivity index (χ4v) is 0. The molecule has 88 valence electrons. The van der Waals surface area contributed by atoms with Crippen LogP contribution in [0, 0.1) is 11.3 Å². The lowest BCUT2D eigenvalue weighted by Gasteiger charge is -1.15. The Labute approximate surface area is 84.6 Å². The maximum absolute atomic E-state index is 7.32. The van der Waals surface area contributed by atoms with Gasteiger partial charge in [0.05, 0.1) is 6.07 Å². The van der Waals surface area contributed by atoms with Crippen molar-refractivity contribution >= 4 is 0 Å². The summed E-state index contributed by atoms with van der Waals surface area (Å²) >= 11 is 0. The van der Waals surface area contributed by atoms with Crippen molar-refractivity contribution < 1.29 is 0 Å². The van der Waals surface area contributed by atoms with Gasteiger partial charge in [0.1, 0.15) is 0 Å². The Hall–Kier alpha value is -0.550. The van der Waals surface area contributed by atoms with E-state index in [0.717, 1.165) is 0 Å². The third kappa shape index (κ3) is 2230. The van der Waals surface area contributed by atoms with Crippen molar-refractivity contribution in [1.82, 2.24) is 6.15 Å². The minimum absolute atomic E-state index is 0. The van der Waals surface area contributed by atoms with E-state index in [2.05, 4.69) is 0 Å². The fraction of sp³-hybridized carbons (Fsp3) is 0.900. The van der Waals surface area contributed by atoms with Gasteiger partial charge in [0.25, 0.3) is 0 Å². The smallest absolute Gasteiger partial charge is 0.0587 e. The van der Waals surface area contributed by atoms with Crippen LogP contribution in [0.3, 0.4) is 0 Å². The van der Waals surface area contributed by atoms with Gasteiger partial charge in [-0.15, -0.1) is 0 Å². The summed E-state index contributed by atoms with van der Waals surface area (Å²) in [4.78, 5) is 0. The van der Waals surface area contributed by atoms with Crippen molar-refractivity contribution in [2.75, 3.05) is 0 Å². The van der Waals surface area contributed by atoms with Crippen LogP contribution in [-0.4, -0.2) is 0 Å². The molecule has 0 aromatic carbocycles. The van der Waals surface area contributed by atoms with E-state index in [1.54, 1.807) is 6.07 Å². The summed E-state index contributed by atoms with van der Waals surface area (Å²) in [5.74, 6) is 0. The lowest BCUT2D eigenvalue weighted by Crippen LogP contribution is -1.10. The van der Waals surface area contributed by atoms with E-state index in [0.29, 0.717) is 0 Å². The molecular formula is C10H38N2. The van der Waals surface area contributed by atoms with E-state index in [-0.39, 0.29) is 65.6 Å². The number of nitriles is 1. The summed E-state index contributed by atoms with van der Waals surface area (Å²) in [6, 6.07) is 1.75. The van der Waals surface area contributed by atoms with E-state index in [9.17, 15) is 0 Å². The van der Waals surface area contributed by atoms with Gasteiger partial charge in [-0.2, -0.15) is 5.26 Å². The SMILES string of the molecule is C.C.C.C.C.C.C.C.CC#N.N. The molecule has 0 saturated heterocycles. The highest BCUT2D eigenvalue weighted by molar-refractivity contribution is 4.51. The topological polar surface area (TPSA) is 58.8 Å². The second-order valence-corrected chi connectivity index (χ2v) is 0.224. The Kier molecular flexibility index (Phi) is 228000. The predicted molar refractivity (Wildman–Crippen MR) is 70.2 cm³/mol. The summed E-state index contributed by atoms with van der Waals surface area (Å²) in [5.41, 5.74) is 0. The summed E-state index contributed by atoms with van der Waals surface area (Å²) in [6.07, 6.45) is 0. The molecular weight excluding hydrogens is 148 g/mol. The normalized spacial score (nSPS) is 0.667. The molecule has 0 atom stereocenters. The van der Waals surface area contributed by atoms with Gasteiger partial charge in [-0.05, 0) is 0 Å². The lowest BCUT2D eigenvalue weighted by molar-refractivity contribution is 1.49. The molecule has 0 radical (unpaired) electrons. The van der Waals surface area contributed by atoms with Crippen LogP contribution in [0.25, 0.3) is 0 Å². The number of nitrogens with zero attached hydrogens (tertiary/aromatic N) is 1. The highest BCUT2D eigenvalue weighted by Crippen LogP contribution is 1.21. The number of hydrogen-bond acceptors (Lipinski definition) is 2. The molecule has 0 bridgehead atoms. The molecule has 0 heterocycles. The highest BCUT2D eigenvalue weighted by Gasteiger charge is 1.17. The van der Waals surface area contributed by atoms with E-state index in [1.165, 1.54) is 6.92 Å². The molecule has 0 unspecified atom stereocenters. The van der Waals surface area contributed by atoms with Crippen LogP contribution in [0.5, 0.6) is 0 Å². The molecule has 0 fully saturated rings. The van der Waals surface area contributed by atoms with Gasteiger partial charge < -0.3 is 6.15 Å². The van der Waals surface area contributed by atoms with Gasteiger partial charge in [-0.1, -0.05) is 59.4 Å². The Balaban J connectivity index is -0.000000000556. The minimum atomic E-state index is 0.